The van der Waals surface area contributed by atoms with Crippen LogP contribution in [0, 0.1) is 0 Å². The maximum Gasteiger partial charge on any atom is 0.176 e. The minimum absolute atomic E-state index is 0.130. The topological polar surface area (TPSA) is 15.5 Å². The van der Waals surface area contributed by atoms with Crippen molar-refractivity contribution in [3.63, 3.8) is 0 Å². The van der Waals surface area contributed by atoms with E-state index in [0.29, 0.717) is 0 Å². The SMILES string of the molecule is CCC/C=C(\CC)C1ON1C(C)(C)C. The van der Waals surface area contributed by atoms with Crippen LogP contribution in [0.5, 0.6) is 0 Å². The van der Waals surface area contributed by atoms with Gasteiger partial charge in [0.2, 0.25) is 0 Å². The van der Waals surface area contributed by atoms with Gasteiger partial charge in [-0.2, -0.15) is 0 Å². The number of hydrogen-bond acceptors (Lipinski definition) is 2. The molecule has 0 aromatic carbocycles. The van der Waals surface area contributed by atoms with Crippen LogP contribution >= 0.6 is 0 Å². The quantitative estimate of drug-likeness (QED) is 0.506. The van der Waals surface area contributed by atoms with Gasteiger partial charge in [-0.15, -0.1) is 5.06 Å². The molecule has 0 saturated carbocycles. The van der Waals surface area contributed by atoms with Crippen molar-refractivity contribution in [2.75, 3.05) is 0 Å². The van der Waals surface area contributed by atoms with Gasteiger partial charge in [0.05, 0.1) is 0 Å². The Morgan fingerprint density at radius 3 is 2.36 bits per heavy atom. The largest absolute Gasteiger partial charge is 0.270 e. The molecule has 0 aromatic rings. The van der Waals surface area contributed by atoms with E-state index in [0.717, 1.165) is 6.42 Å². The maximum absolute atomic E-state index is 5.60. The normalized spacial score (nSPS) is 27.9. The third-order valence-corrected chi connectivity index (χ3v) is 2.46. The Morgan fingerprint density at radius 2 is 2.00 bits per heavy atom. The molecule has 1 fully saturated rings. The van der Waals surface area contributed by atoms with Gasteiger partial charge in [0.25, 0.3) is 0 Å². The molecule has 0 N–H and O–H groups in total. The van der Waals surface area contributed by atoms with E-state index < -0.39 is 0 Å². The molecule has 1 rings (SSSR count). The first kappa shape index (κ1) is 11.7. The first-order valence-corrected chi connectivity index (χ1v) is 5.65. The predicted molar refractivity (Wildman–Crippen MR) is 59.7 cm³/mol. The molecular weight excluding hydrogens is 174 g/mol. The number of rotatable bonds is 4. The standard InChI is InChI=1S/C12H23NO/c1-6-8-9-10(7-2)11-13(14-11)12(3,4)5/h9,11H,6-8H2,1-5H3/b10-9+. The van der Waals surface area contributed by atoms with E-state index in [-0.39, 0.29) is 11.8 Å². The average molecular weight is 197 g/mol. The van der Waals surface area contributed by atoms with Gasteiger partial charge < -0.3 is 0 Å². The summed E-state index contributed by atoms with van der Waals surface area (Å²) in [5.41, 5.74) is 1.56. The molecule has 14 heavy (non-hydrogen) atoms. The summed E-state index contributed by atoms with van der Waals surface area (Å²) < 4.78 is 0. The van der Waals surface area contributed by atoms with Crippen LogP contribution in [0.25, 0.3) is 0 Å². The van der Waals surface area contributed by atoms with Crippen molar-refractivity contribution >= 4 is 0 Å². The second-order valence-electron chi connectivity index (χ2n) is 4.88. The third kappa shape index (κ3) is 2.82. The predicted octanol–water partition coefficient (Wildman–Crippen LogP) is 3.49. The van der Waals surface area contributed by atoms with Gasteiger partial charge in [0.1, 0.15) is 0 Å². The highest BCUT2D eigenvalue weighted by molar-refractivity contribution is 5.11. The van der Waals surface area contributed by atoms with Crippen LogP contribution < -0.4 is 0 Å². The van der Waals surface area contributed by atoms with Crippen LogP contribution in [-0.2, 0) is 4.84 Å². The highest BCUT2D eigenvalue weighted by Gasteiger charge is 2.46. The zero-order chi connectivity index (χ0) is 10.8. The van der Waals surface area contributed by atoms with E-state index in [1.165, 1.54) is 18.4 Å². The first-order chi connectivity index (χ1) is 6.50. The second-order valence-corrected chi connectivity index (χ2v) is 4.88. The number of hydroxylamine groups is 2. The van der Waals surface area contributed by atoms with Crippen molar-refractivity contribution < 1.29 is 4.84 Å². The zero-order valence-electron chi connectivity index (χ0n) is 10.1. The summed E-state index contributed by atoms with van der Waals surface area (Å²) in [6.45, 7) is 10.9. The van der Waals surface area contributed by atoms with E-state index >= 15 is 0 Å². The molecule has 0 amide bonds. The number of allylic oxidation sites excluding steroid dienone is 1. The monoisotopic (exact) mass is 197 g/mol. The Morgan fingerprint density at radius 1 is 1.36 bits per heavy atom. The Bertz CT molecular complexity index is 215. The molecule has 2 heteroatoms. The lowest BCUT2D eigenvalue weighted by Crippen LogP contribution is -2.27. The zero-order valence-corrected chi connectivity index (χ0v) is 10.1. The molecule has 0 aromatic heterocycles. The molecule has 1 saturated heterocycles. The summed E-state index contributed by atoms with van der Waals surface area (Å²) in [5.74, 6) is 0. The fourth-order valence-electron chi connectivity index (χ4n) is 1.56. The number of unbranched alkanes of at least 4 members (excludes halogenated alkanes) is 1. The number of nitrogens with zero attached hydrogens (tertiary/aromatic N) is 1. The van der Waals surface area contributed by atoms with Crippen molar-refractivity contribution in [3.8, 4) is 0 Å². The third-order valence-electron chi connectivity index (χ3n) is 2.46. The van der Waals surface area contributed by atoms with Gasteiger partial charge in [-0.1, -0.05) is 26.3 Å². The summed E-state index contributed by atoms with van der Waals surface area (Å²) in [5, 5.41) is 2.08. The average Bonchev–Trinajstić information content (AvgIpc) is 2.84. The van der Waals surface area contributed by atoms with Gasteiger partial charge in [0, 0.05) is 5.54 Å². The Balaban J connectivity index is 2.51. The van der Waals surface area contributed by atoms with Gasteiger partial charge in [-0.3, -0.25) is 4.84 Å². The summed E-state index contributed by atoms with van der Waals surface area (Å²) in [7, 11) is 0. The molecule has 2 nitrogen and oxygen atoms in total. The molecule has 0 spiro atoms. The molecular formula is C12H23NO. The molecule has 2 atom stereocenters. The second kappa shape index (κ2) is 4.45. The summed E-state index contributed by atoms with van der Waals surface area (Å²) in [6, 6.07) is 0. The van der Waals surface area contributed by atoms with Gasteiger partial charge in [0.15, 0.2) is 6.23 Å². The van der Waals surface area contributed by atoms with Gasteiger partial charge >= 0.3 is 0 Å². The van der Waals surface area contributed by atoms with Crippen molar-refractivity contribution in [2.24, 2.45) is 0 Å². The van der Waals surface area contributed by atoms with Gasteiger partial charge in [-0.05, 0) is 39.2 Å². The minimum atomic E-state index is 0.130. The van der Waals surface area contributed by atoms with E-state index in [2.05, 4.69) is 45.8 Å². The van der Waals surface area contributed by atoms with Crippen LogP contribution in [0.3, 0.4) is 0 Å². The fourth-order valence-corrected chi connectivity index (χ4v) is 1.56. The number of hydrogen-bond donors (Lipinski definition) is 0. The van der Waals surface area contributed by atoms with Crippen LogP contribution in [0.4, 0.5) is 0 Å². The van der Waals surface area contributed by atoms with Crippen molar-refractivity contribution in [1.29, 1.82) is 0 Å². The van der Waals surface area contributed by atoms with Crippen LogP contribution in [0.15, 0.2) is 11.6 Å². The van der Waals surface area contributed by atoms with Crippen LogP contribution in [-0.4, -0.2) is 16.8 Å². The smallest absolute Gasteiger partial charge is 0.176 e. The molecule has 0 bridgehead atoms. The molecule has 0 radical (unpaired) electrons. The van der Waals surface area contributed by atoms with E-state index in [1.807, 2.05) is 0 Å². The summed E-state index contributed by atoms with van der Waals surface area (Å²) in [6.07, 6.45) is 6.06. The van der Waals surface area contributed by atoms with Crippen molar-refractivity contribution in [1.82, 2.24) is 5.06 Å². The maximum atomic E-state index is 5.60. The molecule has 1 aliphatic rings. The lowest BCUT2D eigenvalue weighted by molar-refractivity contribution is 0.101. The molecule has 2 unspecified atom stereocenters. The molecule has 82 valence electrons. The fraction of sp³-hybridized carbons (Fsp3) is 0.833. The molecule has 1 heterocycles. The Hall–Kier alpha value is -0.340. The Kier molecular flexibility index (Phi) is 3.73. The van der Waals surface area contributed by atoms with Gasteiger partial charge in [-0.25, -0.2) is 0 Å². The minimum Gasteiger partial charge on any atom is -0.270 e. The Labute approximate surface area is 87.9 Å². The van der Waals surface area contributed by atoms with E-state index in [1.54, 1.807) is 0 Å². The van der Waals surface area contributed by atoms with Crippen LogP contribution in [0.1, 0.15) is 53.9 Å². The first-order valence-electron chi connectivity index (χ1n) is 5.65. The molecule has 1 aliphatic heterocycles. The van der Waals surface area contributed by atoms with E-state index in [4.69, 9.17) is 4.84 Å². The van der Waals surface area contributed by atoms with Crippen molar-refractivity contribution in [3.05, 3.63) is 11.6 Å². The highest BCUT2D eigenvalue weighted by Crippen LogP contribution is 2.36. The lowest BCUT2D eigenvalue weighted by atomic mass is 10.1. The summed E-state index contributed by atoms with van der Waals surface area (Å²) >= 11 is 0. The highest BCUT2D eigenvalue weighted by atomic mass is 16.8. The summed E-state index contributed by atoms with van der Waals surface area (Å²) in [4.78, 5) is 5.60. The van der Waals surface area contributed by atoms with Crippen molar-refractivity contribution in [2.45, 2.75) is 65.6 Å². The molecule has 0 aliphatic carbocycles. The van der Waals surface area contributed by atoms with E-state index in [9.17, 15) is 0 Å². The van der Waals surface area contributed by atoms with Crippen LogP contribution in [0.2, 0.25) is 0 Å². The lowest BCUT2D eigenvalue weighted by Gasteiger charge is -2.16.